The van der Waals surface area contributed by atoms with Gasteiger partial charge in [-0.05, 0) is 48.0 Å². The monoisotopic (exact) mass is 212 g/mol. The SMILES string of the molecule is CC1CCC2=C(CCc3ccccc32)C1=O. The van der Waals surface area contributed by atoms with Gasteiger partial charge in [-0.25, -0.2) is 0 Å². The van der Waals surface area contributed by atoms with Gasteiger partial charge in [0.25, 0.3) is 0 Å². The van der Waals surface area contributed by atoms with Gasteiger partial charge in [0.05, 0.1) is 0 Å². The minimum Gasteiger partial charge on any atom is -0.294 e. The molecule has 2 aliphatic rings. The van der Waals surface area contributed by atoms with E-state index in [1.54, 1.807) is 0 Å². The van der Waals surface area contributed by atoms with Gasteiger partial charge in [-0.2, -0.15) is 0 Å². The number of carbonyl (C=O) groups is 1. The van der Waals surface area contributed by atoms with Crippen molar-refractivity contribution in [2.75, 3.05) is 0 Å². The third-order valence-corrected chi connectivity index (χ3v) is 3.92. The molecule has 0 aromatic heterocycles. The van der Waals surface area contributed by atoms with Crippen LogP contribution in [0.15, 0.2) is 29.8 Å². The van der Waals surface area contributed by atoms with Gasteiger partial charge < -0.3 is 0 Å². The van der Waals surface area contributed by atoms with Gasteiger partial charge in [0.2, 0.25) is 0 Å². The molecule has 1 aromatic rings. The van der Waals surface area contributed by atoms with Crippen LogP contribution in [0.5, 0.6) is 0 Å². The maximum atomic E-state index is 12.1. The minimum absolute atomic E-state index is 0.240. The Morgan fingerprint density at radius 3 is 2.75 bits per heavy atom. The number of rotatable bonds is 0. The van der Waals surface area contributed by atoms with Crippen molar-refractivity contribution in [1.29, 1.82) is 0 Å². The lowest BCUT2D eigenvalue weighted by molar-refractivity contribution is -0.119. The lowest BCUT2D eigenvalue weighted by Crippen LogP contribution is -2.23. The average Bonchev–Trinajstić information content (AvgIpc) is 2.33. The third-order valence-electron chi connectivity index (χ3n) is 3.92. The number of carbonyl (C=O) groups excluding carboxylic acids is 1. The molecule has 0 N–H and O–H groups in total. The van der Waals surface area contributed by atoms with E-state index < -0.39 is 0 Å². The second kappa shape index (κ2) is 3.58. The summed E-state index contributed by atoms with van der Waals surface area (Å²) >= 11 is 0. The van der Waals surface area contributed by atoms with Crippen LogP contribution in [0.1, 0.15) is 37.3 Å². The van der Waals surface area contributed by atoms with Gasteiger partial charge in [-0.15, -0.1) is 0 Å². The molecule has 16 heavy (non-hydrogen) atoms. The molecular formula is C15H16O. The molecule has 1 unspecified atom stereocenters. The Morgan fingerprint density at radius 1 is 1.06 bits per heavy atom. The number of hydrogen-bond acceptors (Lipinski definition) is 1. The number of ketones is 1. The zero-order chi connectivity index (χ0) is 11.1. The van der Waals surface area contributed by atoms with Gasteiger partial charge in [0.15, 0.2) is 5.78 Å². The molecule has 1 heteroatoms. The molecule has 82 valence electrons. The van der Waals surface area contributed by atoms with Crippen LogP contribution in [-0.4, -0.2) is 5.78 Å². The fraction of sp³-hybridized carbons (Fsp3) is 0.400. The molecule has 2 aliphatic carbocycles. The quantitative estimate of drug-likeness (QED) is 0.644. The maximum Gasteiger partial charge on any atom is 0.161 e. The second-order valence-electron chi connectivity index (χ2n) is 4.92. The third kappa shape index (κ3) is 1.35. The van der Waals surface area contributed by atoms with Gasteiger partial charge in [0.1, 0.15) is 0 Å². The molecule has 0 fully saturated rings. The fourth-order valence-electron chi connectivity index (χ4n) is 2.95. The molecule has 0 saturated carbocycles. The molecule has 0 heterocycles. The van der Waals surface area contributed by atoms with Gasteiger partial charge in [-0.3, -0.25) is 4.79 Å². The molecule has 0 spiro atoms. The van der Waals surface area contributed by atoms with Crippen molar-refractivity contribution in [3.63, 3.8) is 0 Å². The van der Waals surface area contributed by atoms with Crippen LogP contribution >= 0.6 is 0 Å². The normalized spacial score (nSPS) is 24.1. The summed E-state index contributed by atoms with van der Waals surface area (Å²) in [4.78, 5) is 12.1. The zero-order valence-electron chi connectivity index (χ0n) is 9.62. The summed E-state index contributed by atoms with van der Waals surface area (Å²) in [5, 5.41) is 0. The number of benzene rings is 1. The Labute approximate surface area is 96.2 Å². The standard InChI is InChI=1S/C15H16O/c1-10-6-8-13-12-5-3-2-4-11(12)7-9-14(13)15(10)16/h2-5,10H,6-9H2,1H3. The number of hydrogen-bond donors (Lipinski definition) is 0. The highest BCUT2D eigenvalue weighted by atomic mass is 16.1. The summed E-state index contributed by atoms with van der Waals surface area (Å²) in [7, 11) is 0. The van der Waals surface area contributed by atoms with E-state index in [0.717, 1.165) is 31.3 Å². The number of fused-ring (bicyclic) bond motifs is 2. The van der Waals surface area contributed by atoms with Gasteiger partial charge >= 0.3 is 0 Å². The highest BCUT2D eigenvalue weighted by Gasteiger charge is 2.30. The summed E-state index contributed by atoms with van der Waals surface area (Å²) in [5.41, 5.74) is 5.22. The molecule has 0 saturated heterocycles. The Morgan fingerprint density at radius 2 is 1.88 bits per heavy atom. The number of allylic oxidation sites excluding steroid dienone is 2. The minimum atomic E-state index is 0.240. The molecule has 0 amide bonds. The number of aryl methyl sites for hydroxylation is 1. The maximum absolute atomic E-state index is 12.1. The van der Waals surface area contributed by atoms with E-state index >= 15 is 0 Å². The van der Waals surface area contributed by atoms with Crippen LogP contribution in [-0.2, 0) is 11.2 Å². The van der Waals surface area contributed by atoms with Gasteiger partial charge in [-0.1, -0.05) is 31.2 Å². The lowest BCUT2D eigenvalue weighted by atomic mass is 9.74. The molecule has 0 radical (unpaired) electrons. The van der Waals surface area contributed by atoms with Crippen LogP contribution in [0.3, 0.4) is 0 Å². The molecule has 1 nitrogen and oxygen atoms in total. The highest BCUT2D eigenvalue weighted by molar-refractivity contribution is 6.06. The van der Waals surface area contributed by atoms with E-state index in [2.05, 4.69) is 31.2 Å². The van der Waals surface area contributed by atoms with Crippen molar-refractivity contribution >= 4 is 11.4 Å². The summed E-state index contributed by atoms with van der Waals surface area (Å²) < 4.78 is 0. The first-order valence-electron chi connectivity index (χ1n) is 6.12. The summed E-state index contributed by atoms with van der Waals surface area (Å²) in [6, 6.07) is 8.55. The topological polar surface area (TPSA) is 17.1 Å². The molecule has 0 bridgehead atoms. The molecule has 0 aliphatic heterocycles. The predicted octanol–water partition coefficient (Wildman–Crippen LogP) is 3.39. The second-order valence-corrected chi connectivity index (χ2v) is 4.92. The van der Waals surface area contributed by atoms with E-state index in [9.17, 15) is 4.79 Å². The lowest BCUT2D eigenvalue weighted by Gasteiger charge is -2.29. The van der Waals surface area contributed by atoms with E-state index in [4.69, 9.17) is 0 Å². The summed E-state index contributed by atoms with van der Waals surface area (Å²) in [6.07, 6.45) is 4.09. The fourth-order valence-corrected chi connectivity index (χ4v) is 2.95. The van der Waals surface area contributed by atoms with Crippen LogP contribution in [0.2, 0.25) is 0 Å². The Bertz CT molecular complexity index is 482. The van der Waals surface area contributed by atoms with Crippen molar-refractivity contribution in [1.82, 2.24) is 0 Å². The smallest absolute Gasteiger partial charge is 0.161 e. The summed E-state index contributed by atoms with van der Waals surface area (Å²) in [6.45, 7) is 2.06. The first-order valence-corrected chi connectivity index (χ1v) is 6.12. The van der Waals surface area contributed by atoms with Crippen molar-refractivity contribution in [3.05, 3.63) is 41.0 Å². The molecule has 1 atom stereocenters. The number of Topliss-reactive ketones (excluding diaryl/α,β-unsaturated/α-hetero) is 1. The molecule has 1 aromatic carbocycles. The molecular weight excluding hydrogens is 196 g/mol. The van der Waals surface area contributed by atoms with E-state index in [1.807, 2.05) is 0 Å². The first-order chi connectivity index (χ1) is 7.77. The van der Waals surface area contributed by atoms with Crippen LogP contribution in [0.4, 0.5) is 0 Å². The Hall–Kier alpha value is -1.37. The Balaban J connectivity index is 2.15. The van der Waals surface area contributed by atoms with Gasteiger partial charge in [0, 0.05) is 5.92 Å². The van der Waals surface area contributed by atoms with Crippen molar-refractivity contribution in [3.8, 4) is 0 Å². The molecule has 3 rings (SSSR count). The van der Waals surface area contributed by atoms with E-state index in [-0.39, 0.29) is 5.92 Å². The zero-order valence-corrected chi connectivity index (χ0v) is 9.62. The van der Waals surface area contributed by atoms with Crippen LogP contribution in [0, 0.1) is 5.92 Å². The van der Waals surface area contributed by atoms with Crippen LogP contribution < -0.4 is 0 Å². The first kappa shape index (κ1) is 9.83. The van der Waals surface area contributed by atoms with Crippen molar-refractivity contribution < 1.29 is 4.79 Å². The highest BCUT2D eigenvalue weighted by Crippen LogP contribution is 2.39. The van der Waals surface area contributed by atoms with Crippen LogP contribution in [0.25, 0.3) is 5.57 Å². The van der Waals surface area contributed by atoms with Crippen molar-refractivity contribution in [2.24, 2.45) is 5.92 Å². The summed E-state index contributed by atoms with van der Waals surface area (Å²) in [5.74, 6) is 0.639. The largest absolute Gasteiger partial charge is 0.294 e. The average molecular weight is 212 g/mol. The Kier molecular flexibility index (Phi) is 2.20. The van der Waals surface area contributed by atoms with E-state index in [1.165, 1.54) is 16.7 Å². The predicted molar refractivity (Wildman–Crippen MR) is 65.1 cm³/mol. The van der Waals surface area contributed by atoms with E-state index in [0.29, 0.717) is 5.78 Å². The van der Waals surface area contributed by atoms with Crippen molar-refractivity contribution in [2.45, 2.75) is 32.6 Å².